The van der Waals surface area contributed by atoms with E-state index in [1.165, 1.54) is 5.56 Å². The van der Waals surface area contributed by atoms with Gasteiger partial charge >= 0.3 is 6.09 Å². The molecule has 4 rings (SSSR count). The third-order valence-electron chi connectivity index (χ3n) is 9.09. The molecular weight excluding hydrogens is 618 g/mol. The van der Waals surface area contributed by atoms with Gasteiger partial charge in [-0.05, 0) is 102 Å². The quantitative estimate of drug-likeness (QED) is 0.154. The number of carbonyl (C=O) groups is 4. The first-order valence-electron chi connectivity index (χ1n) is 18.0. The van der Waals surface area contributed by atoms with E-state index in [-0.39, 0.29) is 36.2 Å². The zero-order chi connectivity index (χ0) is 35.4. The molecule has 1 aliphatic rings. The summed E-state index contributed by atoms with van der Waals surface area (Å²) >= 11 is 0. The highest BCUT2D eigenvalue weighted by Crippen LogP contribution is 2.26. The Labute approximate surface area is 291 Å². The first kappa shape index (κ1) is 37.5. The van der Waals surface area contributed by atoms with Crippen LogP contribution in [0.3, 0.4) is 0 Å². The molecule has 0 spiro atoms. The van der Waals surface area contributed by atoms with E-state index >= 15 is 0 Å². The maximum atomic E-state index is 13.7. The number of alkyl carbamates (subject to hydrolysis) is 1. The summed E-state index contributed by atoms with van der Waals surface area (Å²) in [6, 6.07) is 17.6. The number of fused-ring (bicyclic) bond motifs is 1. The Morgan fingerprint density at radius 1 is 0.857 bits per heavy atom. The van der Waals surface area contributed by atoms with Gasteiger partial charge in [0.1, 0.15) is 17.8 Å². The molecule has 10 nitrogen and oxygen atoms in total. The van der Waals surface area contributed by atoms with E-state index in [9.17, 15) is 19.2 Å². The topological polar surface area (TPSA) is 122 Å². The number of hydrogen-bond acceptors (Lipinski definition) is 5. The number of nitrogens with one attached hydrogen (secondary N) is 3. The third kappa shape index (κ3) is 11.1. The van der Waals surface area contributed by atoms with Crippen LogP contribution in [0.1, 0.15) is 102 Å². The summed E-state index contributed by atoms with van der Waals surface area (Å²) in [6.07, 6.45) is 7.08. The van der Waals surface area contributed by atoms with Gasteiger partial charge in [-0.2, -0.15) is 0 Å². The Morgan fingerprint density at radius 3 is 2.22 bits per heavy atom. The third-order valence-corrected chi connectivity index (χ3v) is 9.09. The Hall–Kier alpha value is -4.34. The molecule has 0 atom stereocenters. The largest absolute Gasteiger partial charge is 0.444 e. The summed E-state index contributed by atoms with van der Waals surface area (Å²) in [5, 5.41) is 9.97. The first-order valence-corrected chi connectivity index (χ1v) is 18.0. The van der Waals surface area contributed by atoms with Crippen molar-refractivity contribution in [2.24, 2.45) is 5.92 Å². The minimum absolute atomic E-state index is 0.0306. The zero-order valence-electron chi connectivity index (χ0n) is 30.0. The first-order chi connectivity index (χ1) is 23.5. The van der Waals surface area contributed by atoms with Crippen molar-refractivity contribution in [1.82, 2.24) is 20.5 Å². The van der Waals surface area contributed by atoms with E-state index in [0.29, 0.717) is 25.3 Å². The van der Waals surface area contributed by atoms with Crippen molar-refractivity contribution < 1.29 is 23.9 Å². The van der Waals surface area contributed by atoms with Crippen molar-refractivity contribution in [3.05, 3.63) is 65.9 Å². The van der Waals surface area contributed by atoms with Crippen molar-refractivity contribution in [2.45, 2.75) is 111 Å². The maximum Gasteiger partial charge on any atom is 0.407 e. The highest BCUT2D eigenvalue weighted by Gasteiger charge is 2.28. The molecule has 1 saturated carbocycles. The van der Waals surface area contributed by atoms with Gasteiger partial charge in [-0.25, -0.2) is 4.79 Å². The lowest BCUT2D eigenvalue weighted by atomic mass is 9.85. The van der Waals surface area contributed by atoms with Crippen LogP contribution in [0.4, 0.5) is 10.5 Å². The Morgan fingerprint density at radius 2 is 1.55 bits per heavy atom. The SMILES string of the molecule is CCc1cccc(N(CC)C(=O)Cn2c(C(=O)NC3CCC(C(=O)NCCCCCCNC(=O)OC(C)(C)C)CC3)cc3ccccc32)c1. The number of benzene rings is 2. The fourth-order valence-corrected chi connectivity index (χ4v) is 6.46. The van der Waals surface area contributed by atoms with Crippen LogP contribution in [0.15, 0.2) is 54.6 Å². The average molecular weight is 674 g/mol. The van der Waals surface area contributed by atoms with Gasteiger partial charge in [0, 0.05) is 48.2 Å². The van der Waals surface area contributed by atoms with Gasteiger partial charge in [0.15, 0.2) is 0 Å². The number of ether oxygens (including phenoxy) is 1. The summed E-state index contributed by atoms with van der Waals surface area (Å²) < 4.78 is 7.07. The lowest BCUT2D eigenvalue weighted by Gasteiger charge is -2.28. The van der Waals surface area contributed by atoms with Crippen molar-refractivity contribution in [3.63, 3.8) is 0 Å². The minimum atomic E-state index is -0.500. The second-order valence-corrected chi connectivity index (χ2v) is 14.0. The van der Waals surface area contributed by atoms with Gasteiger partial charge in [-0.15, -0.1) is 0 Å². The number of carbonyl (C=O) groups excluding carboxylic acids is 4. The number of anilines is 1. The smallest absolute Gasteiger partial charge is 0.407 e. The van der Waals surface area contributed by atoms with Crippen molar-refractivity contribution in [3.8, 4) is 0 Å². The molecule has 1 aliphatic carbocycles. The molecule has 4 amide bonds. The molecule has 0 aliphatic heterocycles. The van der Waals surface area contributed by atoms with Crippen molar-refractivity contribution in [1.29, 1.82) is 0 Å². The maximum absolute atomic E-state index is 13.7. The standard InChI is InChI=1S/C39H55N5O5/c1-6-28-15-14-17-32(25-28)43(7-2)35(45)27-44-33-18-11-10-16-30(33)26-34(44)37(47)42-31-21-19-29(20-22-31)36(46)40-23-12-8-9-13-24-41-38(48)49-39(3,4)5/h10-11,14-18,25-26,29,31H,6-9,12-13,19-24,27H2,1-5H3,(H,40,46)(H,41,48)(H,42,47). The Kier molecular flexibility index (Phi) is 13.7. The number of aryl methyl sites for hydroxylation is 1. The molecule has 1 fully saturated rings. The van der Waals surface area contributed by atoms with Crippen LogP contribution < -0.4 is 20.9 Å². The molecule has 0 bridgehead atoms. The van der Waals surface area contributed by atoms with Crippen LogP contribution >= 0.6 is 0 Å². The van der Waals surface area contributed by atoms with Crippen LogP contribution in [-0.4, -0.2) is 59.7 Å². The lowest BCUT2D eigenvalue weighted by molar-refractivity contribution is -0.126. The van der Waals surface area contributed by atoms with E-state index in [1.807, 2.05) is 74.7 Å². The van der Waals surface area contributed by atoms with Gasteiger partial charge < -0.3 is 30.2 Å². The predicted octanol–water partition coefficient (Wildman–Crippen LogP) is 6.75. The normalized spacial score (nSPS) is 16.2. The number of hydrogen-bond donors (Lipinski definition) is 3. The highest BCUT2D eigenvalue weighted by molar-refractivity contribution is 6.01. The Balaban J connectivity index is 1.23. The second-order valence-electron chi connectivity index (χ2n) is 14.0. The lowest BCUT2D eigenvalue weighted by Crippen LogP contribution is -2.42. The van der Waals surface area contributed by atoms with E-state index in [4.69, 9.17) is 4.74 Å². The summed E-state index contributed by atoms with van der Waals surface area (Å²) in [6.45, 7) is 11.4. The number of likely N-dealkylation sites (N-methyl/N-ethyl adjacent to an activating group) is 1. The molecule has 2 aromatic carbocycles. The number of aromatic nitrogens is 1. The molecule has 3 aromatic rings. The van der Waals surface area contributed by atoms with E-state index in [0.717, 1.165) is 74.4 Å². The van der Waals surface area contributed by atoms with Gasteiger partial charge in [-0.1, -0.05) is 50.1 Å². The molecule has 266 valence electrons. The zero-order valence-corrected chi connectivity index (χ0v) is 30.0. The van der Waals surface area contributed by atoms with Crippen LogP contribution in [0.2, 0.25) is 0 Å². The molecule has 1 heterocycles. The molecule has 1 aromatic heterocycles. The van der Waals surface area contributed by atoms with Crippen molar-refractivity contribution >= 4 is 40.4 Å². The molecule has 0 radical (unpaired) electrons. The molecule has 0 saturated heterocycles. The number of amides is 4. The number of nitrogens with zero attached hydrogens (tertiary/aromatic N) is 2. The van der Waals surface area contributed by atoms with Crippen LogP contribution in [0, 0.1) is 5.92 Å². The summed E-state index contributed by atoms with van der Waals surface area (Å²) in [5.41, 5.74) is 2.84. The van der Waals surface area contributed by atoms with Gasteiger partial charge in [0.2, 0.25) is 11.8 Å². The molecule has 3 N–H and O–H groups in total. The minimum Gasteiger partial charge on any atom is -0.444 e. The van der Waals surface area contributed by atoms with E-state index in [2.05, 4.69) is 35.0 Å². The van der Waals surface area contributed by atoms with E-state index in [1.54, 1.807) is 4.90 Å². The highest BCUT2D eigenvalue weighted by atomic mass is 16.6. The van der Waals surface area contributed by atoms with Gasteiger partial charge in [0.05, 0.1) is 0 Å². The summed E-state index contributed by atoms with van der Waals surface area (Å²) in [5.74, 6) is -0.247. The Bertz CT molecular complexity index is 1570. The summed E-state index contributed by atoms with van der Waals surface area (Å²) in [4.78, 5) is 53.7. The fourth-order valence-electron chi connectivity index (χ4n) is 6.46. The summed E-state index contributed by atoms with van der Waals surface area (Å²) in [7, 11) is 0. The van der Waals surface area contributed by atoms with Crippen LogP contribution in [0.25, 0.3) is 10.9 Å². The van der Waals surface area contributed by atoms with Gasteiger partial charge in [0.25, 0.3) is 5.91 Å². The second kappa shape index (κ2) is 17.9. The monoisotopic (exact) mass is 673 g/mol. The predicted molar refractivity (Wildman–Crippen MR) is 195 cm³/mol. The average Bonchev–Trinajstić information content (AvgIpc) is 3.44. The molecule has 49 heavy (non-hydrogen) atoms. The van der Waals surface area contributed by atoms with Crippen molar-refractivity contribution in [2.75, 3.05) is 24.5 Å². The number of rotatable bonds is 15. The van der Waals surface area contributed by atoms with Gasteiger partial charge in [-0.3, -0.25) is 14.4 Å². The van der Waals surface area contributed by atoms with Crippen LogP contribution in [0.5, 0.6) is 0 Å². The number of para-hydroxylation sites is 1. The number of unbranched alkanes of at least 4 members (excludes halogenated alkanes) is 3. The fraction of sp³-hybridized carbons (Fsp3) is 0.538. The molecule has 10 heteroatoms. The van der Waals surface area contributed by atoms with Crippen LogP contribution in [-0.2, 0) is 27.3 Å². The molecule has 0 unspecified atom stereocenters. The molecular formula is C39H55N5O5. The van der Waals surface area contributed by atoms with E-state index < -0.39 is 11.7 Å².